The van der Waals surface area contributed by atoms with Gasteiger partial charge in [-0.2, -0.15) is 18.3 Å². The number of halogens is 3. The standard InChI is InChI=1S/C5H7F3N2/c1-3-4(10-9-2)5(6,7)8/h3,9H,1H2,2H3/b10-4+. The monoisotopic (exact) mass is 152 g/mol. The van der Waals surface area contributed by atoms with Gasteiger partial charge in [0, 0.05) is 7.05 Å². The molecule has 0 spiro atoms. The zero-order chi connectivity index (χ0) is 8.20. The third-order valence-corrected chi connectivity index (χ3v) is 0.716. The molecule has 0 heterocycles. The van der Waals surface area contributed by atoms with Gasteiger partial charge in [-0.05, 0) is 6.08 Å². The van der Waals surface area contributed by atoms with Gasteiger partial charge in [-0.15, -0.1) is 0 Å². The summed E-state index contributed by atoms with van der Waals surface area (Å²) < 4.78 is 35.0. The molecule has 0 unspecified atom stereocenters. The number of hydrazone groups is 1. The lowest BCUT2D eigenvalue weighted by atomic mass is 10.4. The van der Waals surface area contributed by atoms with Crippen LogP contribution in [0, 0.1) is 0 Å². The van der Waals surface area contributed by atoms with Crippen molar-refractivity contribution in [2.75, 3.05) is 7.05 Å². The molecule has 0 aromatic heterocycles. The molecule has 0 aromatic rings. The Labute approximate surface area is 56.4 Å². The fourth-order valence-electron chi connectivity index (χ4n) is 0.345. The first-order valence-electron chi connectivity index (χ1n) is 2.46. The number of allylic oxidation sites excluding steroid dienone is 1. The summed E-state index contributed by atoms with van der Waals surface area (Å²) in [6, 6.07) is 0. The van der Waals surface area contributed by atoms with Gasteiger partial charge in [0.1, 0.15) is 0 Å². The molecule has 0 fully saturated rings. The van der Waals surface area contributed by atoms with Gasteiger partial charge in [0.05, 0.1) is 0 Å². The zero-order valence-electron chi connectivity index (χ0n) is 5.37. The van der Waals surface area contributed by atoms with Crippen LogP contribution < -0.4 is 5.43 Å². The molecule has 0 atom stereocenters. The van der Waals surface area contributed by atoms with Crippen LogP contribution in [-0.2, 0) is 0 Å². The number of nitrogens with one attached hydrogen (secondary N) is 1. The maximum absolute atomic E-state index is 11.7. The first-order valence-corrected chi connectivity index (χ1v) is 2.46. The molecule has 0 aromatic carbocycles. The topological polar surface area (TPSA) is 24.4 Å². The Morgan fingerprint density at radius 2 is 2.10 bits per heavy atom. The second-order valence-electron chi connectivity index (χ2n) is 1.42. The first kappa shape index (κ1) is 9.00. The fourth-order valence-corrected chi connectivity index (χ4v) is 0.345. The first-order chi connectivity index (χ1) is 4.52. The summed E-state index contributed by atoms with van der Waals surface area (Å²) in [7, 11) is 1.29. The van der Waals surface area contributed by atoms with Crippen LogP contribution in [0.4, 0.5) is 13.2 Å². The largest absolute Gasteiger partial charge is 0.435 e. The molecule has 0 aliphatic heterocycles. The highest BCUT2D eigenvalue weighted by molar-refractivity contribution is 5.98. The van der Waals surface area contributed by atoms with E-state index in [2.05, 4.69) is 11.7 Å². The van der Waals surface area contributed by atoms with Crippen LogP contribution in [0.15, 0.2) is 17.8 Å². The molecule has 0 saturated carbocycles. The minimum absolute atomic E-state index is 0.649. The molecule has 0 amide bonds. The van der Waals surface area contributed by atoms with E-state index in [0.717, 1.165) is 0 Å². The normalized spacial score (nSPS) is 13.0. The van der Waals surface area contributed by atoms with Crippen LogP contribution >= 0.6 is 0 Å². The zero-order valence-corrected chi connectivity index (χ0v) is 5.37. The van der Waals surface area contributed by atoms with E-state index in [9.17, 15) is 13.2 Å². The van der Waals surface area contributed by atoms with Crippen molar-refractivity contribution in [2.24, 2.45) is 5.10 Å². The summed E-state index contributed by atoms with van der Waals surface area (Å²) >= 11 is 0. The predicted octanol–water partition coefficient (Wildman–Crippen LogP) is 1.31. The van der Waals surface area contributed by atoms with Crippen molar-refractivity contribution >= 4 is 5.71 Å². The fraction of sp³-hybridized carbons (Fsp3) is 0.400. The highest BCUT2D eigenvalue weighted by atomic mass is 19.4. The quantitative estimate of drug-likeness (QED) is 0.468. The Hall–Kier alpha value is -1.00. The van der Waals surface area contributed by atoms with Gasteiger partial charge in [0.15, 0.2) is 5.71 Å². The van der Waals surface area contributed by atoms with E-state index in [1.807, 2.05) is 5.43 Å². The molecule has 0 radical (unpaired) electrons. The molecular formula is C5H7F3N2. The average Bonchev–Trinajstić information content (AvgIpc) is 1.80. The molecular weight excluding hydrogens is 145 g/mol. The Bertz CT molecular complexity index is 147. The summed E-state index contributed by atoms with van der Waals surface area (Å²) in [4.78, 5) is 0. The summed E-state index contributed by atoms with van der Waals surface area (Å²) in [5.41, 5.74) is 1.00. The minimum atomic E-state index is -4.41. The van der Waals surface area contributed by atoms with Crippen molar-refractivity contribution in [3.8, 4) is 0 Å². The van der Waals surface area contributed by atoms with Gasteiger partial charge in [-0.25, -0.2) is 0 Å². The van der Waals surface area contributed by atoms with Crippen molar-refractivity contribution in [1.29, 1.82) is 0 Å². The number of alkyl halides is 3. The number of hydrogen-bond donors (Lipinski definition) is 1. The maximum Gasteiger partial charge on any atom is 0.435 e. The molecule has 0 aliphatic carbocycles. The summed E-state index contributed by atoms with van der Waals surface area (Å²) in [6.07, 6.45) is -3.76. The Balaban J connectivity index is 4.36. The van der Waals surface area contributed by atoms with Crippen molar-refractivity contribution in [3.63, 3.8) is 0 Å². The van der Waals surface area contributed by atoms with Crippen LogP contribution in [0.2, 0.25) is 0 Å². The van der Waals surface area contributed by atoms with Crippen LogP contribution in [0.5, 0.6) is 0 Å². The van der Waals surface area contributed by atoms with E-state index in [1.54, 1.807) is 0 Å². The molecule has 0 rings (SSSR count). The lowest BCUT2D eigenvalue weighted by molar-refractivity contribution is -0.0580. The van der Waals surface area contributed by atoms with Crippen molar-refractivity contribution in [2.45, 2.75) is 6.18 Å². The number of rotatable bonds is 2. The highest BCUT2D eigenvalue weighted by Crippen LogP contribution is 2.17. The smallest absolute Gasteiger partial charge is 0.313 e. The second kappa shape index (κ2) is 3.24. The maximum atomic E-state index is 11.7. The predicted molar refractivity (Wildman–Crippen MR) is 32.7 cm³/mol. The molecule has 10 heavy (non-hydrogen) atoms. The van der Waals surface area contributed by atoms with Gasteiger partial charge in [-0.3, -0.25) is 0 Å². The summed E-state index contributed by atoms with van der Waals surface area (Å²) in [6.45, 7) is 2.96. The SMILES string of the molecule is C=C/C(=N\NC)C(F)(F)F. The Kier molecular flexibility index (Phi) is 2.92. The molecule has 1 N–H and O–H groups in total. The minimum Gasteiger partial charge on any atom is -0.313 e. The lowest BCUT2D eigenvalue weighted by Crippen LogP contribution is -2.22. The van der Waals surface area contributed by atoms with E-state index in [1.165, 1.54) is 7.05 Å². The Morgan fingerprint density at radius 3 is 2.20 bits per heavy atom. The molecule has 58 valence electrons. The Morgan fingerprint density at radius 1 is 1.60 bits per heavy atom. The van der Waals surface area contributed by atoms with Gasteiger partial charge < -0.3 is 5.43 Å². The van der Waals surface area contributed by atoms with Gasteiger partial charge in [0.25, 0.3) is 0 Å². The van der Waals surface area contributed by atoms with Gasteiger partial charge in [0.2, 0.25) is 0 Å². The lowest BCUT2D eigenvalue weighted by Gasteiger charge is -2.04. The van der Waals surface area contributed by atoms with Crippen molar-refractivity contribution in [1.82, 2.24) is 5.43 Å². The molecule has 0 bridgehead atoms. The van der Waals surface area contributed by atoms with Gasteiger partial charge in [-0.1, -0.05) is 6.58 Å². The van der Waals surface area contributed by atoms with Crippen molar-refractivity contribution < 1.29 is 13.2 Å². The van der Waals surface area contributed by atoms with Gasteiger partial charge >= 0.3 is 6.18 Å². The van der Waals surface area contributed by atoms with E-state index >= 15 is 0 Å². The van der Waals surface area contributed by atoms with E-state index in [0.29, 0.717) is 6.08 Å². The van der Waals surface area contributed by atoms with Crippen LogP contribution in [0.25, 0.3) is 0 Å². The van der Waals surface area contributed by atoms with Crippen LogP contribution in [-0.4, -0.2) is 18.9 Å². The van der Waals surface area contributed by atoms with E-state index in [4.69, 9.17) is 0 Å². The van der Waals surface area contributed by atoms with E-state index in [-0.39, 0.29) is 0 Å². The molecule has 5 heteroatoms. The second-order valence-corrected chi connectivity index (χ2v) is 1.42. The number of nitrogens with zero attached hydrogens (tertiary/aromatic N) is 1. The molecule has 2 nitrogen and oxygen atoms in total. The number of hydrogen-bond acceptors (Lipinski definition) is 2. The van der Waals surface area contributed by atoms with Crippen molar-refractivity contribution in [3.05, 3.63) is 12.7 Å². The summed E-state index contributed by atoms with van der Waals surface area (Å²) in [5, 5.41) is 2.94. The van der Waals surface area contributed by atoms with Crippen LogP contribution in [0.3, 0.4) is 0 Å². The molecule has 0 aliphatic rings. The molecule has 0 saturated heterocycles. The summed E-state index contributed by atoms with van der Waals surface area (Å²) in [5.74, 6) is 0. The average molecular weight is 152 g/mol. The third kappa shape index (κ3) is 2.52. The highest BCUT2D eigenvalue weighted by Gasteiger charge is 2.33. The third-order valence-electron chi connectivity index (χ3n) is 0.716. The van der Waals surface area contributed by atoms with E-state index < -0.39 is 11.9 Å². The van der Waals surface area contributed by atoms with Crippen LogP contribution in [0.1, 0.15) is 0 Å².